The molecule has 0 aromatic carbocycles. The Hall–Kier alpha value is -2.73. The van der Waals surface area contributed by atoms with E-state index in [0.29, 0.717) is 6.42 Å². The number of ketones is 1. The van der Waals surface area contributed by atoms with Crippen LogP contribution in [0.1, 0.15) is 66.2 Å². The van der Waals surface area contributed by atoms with Crippen LogP contribution in [0.3, 0.4) is 0 Å². The van der Waals surface area contributed by atoms with Crippen LogP contribution in [0.15, 0.2) is 25.3 Å². The van der Waals surface area contributed by atoms with Crippen LogP contribution in [0.2, 0.25) is 0 Å². The number of allylic oxidation sites excluding steroid dienone is 2. The number of likely N-dealkylation sites (tertiary alicyclic amines) is 1. The summed E-state index contributed by atoms with van der Waals surface area (Å²) in [4.78, 5) is 54.0. The lowest BCUT2D eigenvalue weighted by atomic mass is 9.87. The number of unbranched alkanes of at least 4 members (excludes halogenated alkanes) is 2. The van der Waals surface area contributed by atoms with Crippen LogP contribution < -0.4 is 10.0 Å². The number of β-amino-alcohol motifs (C(OH)–C–C–N with tert-alkyl or cyclic N) is 1. The highest BCUT2D eigenvalue weighted by Crippen LogP contribution is 2.57. The zero-order valence-corrected chi connectivity index (χ0v) is 24.4. The summed E-state index contributed by atoms with van der Waals surface area (Å²) in [5.41, 5.74) is -2.08. The minimum atomic E-state index is -3.85. The molecule has 1 unspecified atom stereocenters. The number of nitrogens with zero attached hydrogens (tertiary/aromatic N) is 1. The summed E-state index contributed by atoms with van der Waals surface area (Å²) < 4.78 is 30.7. The van der Waals surface area contributed by atoms with Gasteiger partial charge in [0, 0.05) is 18.9 Å². The predicted molar refractivity (Wildman–Crippen MR) is 146 cm³/mol. The van der Waals surface area contributed by atoms with E-state index < -0.39 is 74.8 Å². The van der Waals surface area contributed by atoms with Crippen molar-refractivity contribution in [1.29, 1.82) is 0 Å². The third kappa shape index (κ3) is 8.63. The van der Waals surface area contributed by atoms with Crippen LogP contribution in [0.4, 0.5) is 4.79 Å². The standard InChI is InChI=1S/C27H43N3O8S/c1-8-10-11-12-13-19(28-25(35)38-26(4,5)6)23(33)30-16-21(32)17(3)22(30)20(31)15-27(14-18(27)9-2)24(34)29-39(7,36)37/h8-9,17-19,21-22,32H,1-2,10-16H2,3-7H3,(H,28,35)(H,29,34)/t17?,18-,19+,21+,22+,27-/m1/s1. The first-order valence-electron chi connectivity index (χ1n) is 13.2. The van der Waals surface area contributed by atoms with Gasteiger partial charge in [0.25, 0.3) is 0 Å². The highest BCUT2D eigenvalue weighted by Gasteiger charge is 2.61. The molecule has 2 fully saturated rings. The Morgan fingerprint density at radius 3 is 2.36 bits per heavy atom. The van der Waals surface area contributed by atoms with Gasteiger partial charge in [0.05, 0.1) is 23.8 Å². The molecule has 0 spiro atoms. The van der Waals surface area contributed by atoms with E-state index in [2.05, 4.69) is 18.5 Å². The summed E-state index contributed by atoms with van der Waals surface area (Å²) in [7, 11) is -3.85. The molecule has 0 bridgehead atoms. The van der Waals surface area contributed by atoms with Gasteiger partial charge < -0.3 is 20.1 Å². The molecular formula is C27H43N3O8S. The van der Waals surface area contributed by atoms with Crippen molar-refractivity contribution in [1.82, 2.24) is 14.9 Å². The third-order valence-corrected chi connectivity index (χ3v) is 7.77. The van der Waals surface area contributed by atoms with E-state index in [4.69, 9.17) is 4.74 Å². The van der Waals surface area contributed by atoms with Crippen molar-refractivity contribution in [3.8, 4) is 0 Å². The SMILES string of the molecule is C=CCCCC[C@H](NC(=O)OC(C)(C)C)C(=O)N1C[C@H](O)C(C)[C@H]1C(=O)C[C@]1(C(=O)NS(C)(=O)=O)C[C@H]1C=C. The molecule has 3 N–H and O–H groups in total. The van der Waals surface area contributed by atoms with Gasteiger partial charge in [0.2, 0.25) is 21.8 Å². The first kappa shape index (κ1) is 32.5. The smallest absolute Gasteiger partial charge is 0.408 e. The van der Waals surface area contributed by atoms with Gasteiger partial charge in [-0.05, 0) is 52.4 Å². The molecule has 1 aliphatic carbocycles. The van der Waals surface area contributed by atoms with E-state index >= 15 is 0 Å². The van der Waals surface area contributed by atoms with Crippen LogP contribution in [0.25, 0.3) is 0 Å². The lowest BCUT2D eigenvalue weighted by Gasteiger charge is -2.31. The molecule has 0 radical (unpaired) electrons. The van der Waals surface area contributed by atoms with Crippen molar-refractivity contribution in [2.75, 3.05) is 12.8 Å². The molecule has 0 aromatic rings. The fourth-order valence-corrected chi connectivity index (χ4v) is 5.63. The van der Waals surface area contributed by atoms with Gasteiger partial charge in [0.1, 0.15) is 11.6 Å². The number of carbonyl (C=O) groups is 4. The van der Waals surface area contributed by atoms with Gasteiger partial charge >= 0.3 is 6.09 Å². The summed E-state index contributed by atoms with van der Waals surface area (Å²) in [5, 5.41) is 13.3. The van der Waals surface area contributed by atoms with Gasteiger partial charge in [-0.1, -0.05) is 25.5 Å². The van der Waals surface area contributed by atoms with Gasteiger partial charge in [-0.15, -0.1) is 13.2 Å². The number of amides is 3. The highest BCUT2D eigenvalue weighted by atomic mass is 32.2. The largest absolute Gasteiger partial charge is 0.444 e. The number of hydrogen-bond acceptors (Lipinski definition) is 8. The highest BCUT2D eigenvalue weighted by molar-refractivity contribution is 7.89. The molecule has 3 amide bonds. The monoisotopic (exact) mass is 569 g/mol. The Morgan fingerprint density at radius 2 is 1.85 bits per heavy atom. The Kier molecular flexibility index (Phi) is 10.5. The number of Topliss-reactive ketones (excluding diaryl/α,β-unsaturated/α-hetero) is 1. The second-order valence-corrected chi connectivity index (χ2v) is 13.4. The van der Waals surface area contributed by atoms with Crippen molar-refractivity contribution in [2.24, 2.45) is 17.3 Å². The topological polar surface area (TPSA) is 159 Å². The normalized spacial score (nSPS) is 27.3. The number of carbonyl (C=O) groups excluding carboxylic acids is 4. The minimum absolute atomic E-state index is 0.122. The fourth-order valence-electron chi connectivity index (χ4n) is 5.09. The van der Waals surface area contributed by atoms with Crippen LogP contribution in [0.5, 0.6) is 0 Å². The molecule has 1 heterocycles. The zero-order valence-electron chi connectivity index (χ0n) is 23.6. The summed E-state index contributed by atoms with van der Waals surface area (Å²) >= 11 is 0. The first-order valence-corrected chi connectivity index (χ1v) is 15.1. The van der Waals surface area contributed by atoms with Crippen molar-refractivity contribution >= 4 is 33.7 Å². The molecule has 2 aliphatic rings. The quantitative estimate of drug-likeness (QED) is 0.225. The summed E-state index contributed by atoms with van der Waals surface area (Å²) in [6, 6.07) is -2.06. The zero-order chi connectivity index (χ0) is 29.8. The predicted octanol–water partition coefficient (Wildman–Crippen LogP) is 2.06. The van der Waals surface area contributed by atoms with Crippen LogP contribution in [-0.2, 0) is 29.1 Å². The molecule has 0 aromatic heterocycles. The Bertz CT molecular complexity index is 1080. The molecule has 11 nitrogen and oxygen atoms in total. The van der Waals surface area contributed by atoms with Crippen molar-refractivity contribution in [3.05, 3.63) is 25.3 Å². The molecule has 6 atom stereocenters. The van der Waals surface area contributed by atoms with E-state index in [0.717, 1.165) is 19.1 Å². The summed E-state index contributed by atoms with van der Waals surface area (Å²) in [6.07, 6.45) is 4.63. The number of aliphatic hydroxyl groups is 1. The van der Waals surface area contributed by atoms with Crippen molar-refractivity contribution < 1.29 is 37.4 Å². The molecule has 1 saturated heterocycles. The molecule has 1 saturated carbocycles. The second-order valence-electron chi connectivity index (χ2n) is 11.7. The van der Waals surface area contributed by atoms with Crippen molar-refractivity contribution in [3.63, 3.8) is 0 Å². The van der Waals surface area contributed by atoms with Gasteiger partial charge in [-0.2, -0.15) is 0 Å². The second kappa shape index (κ2) is 12.6. The Balaban J connectivity index is 2.29. The maximum absolute atomic E-state index is 13.7. The molecule has 220 valence electrons. The molecule has 1 aliphatic heterocycles. The summed E-state index contributed by atoms with van der Waals surface area (Å²) in [6.45, 7) is 14.0. The molecular weight excluding hydrogens is 526 g/mol. The minimum Gasteiger partial charge on any atom is -0.444 e. The van der Waals surface area contributed by atoms with Crippen LogP contribution >= 0.6 is 0 Å². The van der Waals surface area contributed by atoms with Gasteiger partial charge in [-0.3, -0.25) is 19.1 Å². The van der Waals surface area contributed by atoms with E-state index in [1.54, 1.807) is 33.8 Å². The lowest BCUT2D eigenvalue weighted by Crippen LogP contribution is -2.53. The Morgan fingerprint density at radius 1 is 1.21 bits per heavy atom. The van der Waals surface area contributed by atoms with Crippen LogP contribution in [0, 0.1) is 17.3 Å². The fraction of sp³-hybridized carbons (Fsp3) is 0.704. The molecule has 2 rings (SSSR count). The average Bonchev–Trinajstić information content (AvgIpc) is 3.43. The number of rotatable bonds is 13. The third-order valence-electron chi connectivity index (χ3n) is 7.22. The van der Waals surface area contributed by atoms with E-state index in [1.165, 1.54) is 11.0 Å². The number of alkyl carbamates (subject to hydrolysis) is 1. The average molecular weight is 570 g/mol. The number of aliphatic hydroxyl groups excluding tert-OH is 1. The number of nitrogens with one attached hydrogen (secondary N) is 2. The maximum Gasteiger partial charge on any atom is 0.408 e. The first-order chi connectivity index (χ1) is 18.0. The summed E-state index contributed by atoms with van der Waals surface area (Å²) in [5.74, 6) is -2.84. The number of ether oxygens (including phenoxy) is 1. The Labute approximate surface area is 231 Å². The van der Waals surface area contributed by atoms with Gasteiger partial charge in [-0.25, -0.2) is 13.2 Å². The number of hydrogen-bond donors (Lipinski definition) is 3. The number of sulfonamides is 1. The van der Waals surface area contributed by atoms with E-state index in [9.17, 15) is 32.7 Å². The maximum atomic E-state index is 13.7. The molecule has 12 heteroatoms. The van der Waals surface area contributed by atoms with Crippen LogP contribution in [-0.4, -0.2) is 78.7 Å². The lowest BCUT2D eigenvalue weighted by molar-refractivity contribution is -0.141. The molecule has 39 heavy (non-hydrogen) atoms. The van der Waals surface area contributed by atoms with Gasteiger partial charge in [0.15, 0.2) is 5.78 Å². The van der Waals surface area contributed by atoms with E-state index in [-0.39, 0.29) is 25.8 Å². The van der Waals surface area contributed by atoms with E-state index in [1.807, 2.05) is 4.72 Å². The van der Waals surface area contributed by atoms with Crippen molar-refractivity contribution in [2.45, 2.75) is 90.0 Å².